The van der Waals surface area contributed by atoms with E-state index in [2.05, 4.69) is 0 Å². The zero-order valence-corrected chi connectivity index (χ0v) is 13.6. The Hall–Kier alpha value is -1.01. The molecule has 1 aromatic carbocycles. The maximum absolute atomic E-state index is 12.6. The first-order valence-corrected chi connectivity index (χ1v) is 7.56. The molecule has 0 bridgehead atoms. The number of rotatable bonds is 1. The summed E-state index contributed by atoms with van der Waals surface area (Å²) in [6.45, 7) is 1.48. The van der Waals surface area contributed by atoms with Crippen LogP contribution < -0.4 is 10.5 Å². The molecule has 5 nitrogen and oxygen atoms in total. The van der Waals surface area contributed by atoms with Crippen LogP contribution in [-0.4, -0.2) is 41.2 Å². The van der Waals surface area contributed by atoms with Crippen molar-refractivity contribution in [3.05, 3.63) is 28.8 Å². The summed E-state index contributed by atoms with van der Waals surface area (Å²) < 4.78 is 5.66. The Kier molecular flexibility index (Phi) is 5.55. The van der Waals surface area contributed by atoms with E-state index in [4.69, 9.17) is 22.1 Å². The summed E-state index contributed by atoms with van der Waals surface area (Å²) in [6.07, 6.45) is 0.406. The average molecular weight is 347 g/mol. The minimum absolute atomic E-state index is 0. The van der Waals surface area contributed by atoms with Crippen LogP contribution in [0.3, 0.4) is 0 Å². The molecule has 0 aromatic heterocycles. The number of aliphatic hydroxyl groups is 1. The van der Waals surface area contributed by atoms with Crippen LogP contribution in [-0.2, 0) is 11.3 Å². The van der Waals surface area contributed by atoms with Crippen LogP contribution in [0.1, 0.15) is 18.4 Å². The van der Waals surface area contributed by atoms with E-state index in [0.29, 0.717) is 37.6 Å². The Morgan fingerprint density at radius 1 is 1.41 bits per heavy atom. The van der Waals surface area contributed by atoms with E-state index in [0.717, 1.165) is 11.3 Å². The smallest absolute Gasteiger partial charge is 0.226 e. The van der Waals surface area contributed by atoms with Crippen molar-refractivity contribution in [1.29, 1.82) is 0 Å². The first-order chi connectivity index (χ1) is 10.0. The summed E-state index contributed by atoms with van der Waals surface area (Å²) in [6, 6.07) is 5.15. The van der Waals surface area contributed by atoms with Crippen LogP contribution in [0.4, 0.5) is 0 Å². The van der Waals surface area contributed by atoms with E-state index in [1.807, 2.05) is 12.1 Å². The van der Waals surface area contributed by atoms with Crippen LogP contribution in [0.2, 0.25) is 5.02 Å². The van der Waals surface area contributed by atoms with Crippen molar-refractivity contribution in [2.24, 2.45) is 11.7 Å². The molecule has 3 rings (SSSR count). The lowest BCUT2D eigenvalue weighted by atomic mass is 10.1. The second-order valence-electron chi connectivity index (χ2n) is 5.76. The molecule has 1 amide bonds. The molecule has 3 N–H and O–H groups in total. The largest absolute Gasteiger partial charge is 0.491 e. The molecule has 1 aromatic rings. The Morgan fingerprint density at radius 2 is 2.18 bits per heavy atom. The van der Waals surface area contributed by atoms with E-state index in [1.165, 1.54) is 0 Å². The van der Waals surface area contributed by atoms with Gasteiger partial charge in [-0.15, -0.1) is 12.4 Å². The van der Waals surface area contributed by atoms with Gasteiger partial charge in [0.1, 0.15) is 12.4 Å². The topological polar surface area (TPSA) is 75.8 Å². The molecule has 1 saturated carbocycles. The minimum Gasteiger partial charge on any atom is -0.491 e. The summed E-state index contributed by atoms with van der Waals surface area (Å²) in [4.78, 5) is 14.4. The second-order valence-corrected chi connectivity index (χ2v) is 6.20. The van der Waals surface area contributed by atoms with Crippen molar-refractivity contribution in [2.75, 3.05) is 13.2 Å². The number of amides is 1. The summed E-state index contributed by atoms with van der Waals surface area (Å²) >= 11 is 6.01. The zero-order valence-electron chi connectivity index (χ0n) is 12.1. The molecule has 3 atom stereocenters. The van der Waals surface area contributed by atoms with Gasteiger partial charge in [-0.25, -0.2) is 0 Å². The lowest BCUT2D eigenvalue weighted by Crippen LogP contribution is -2.36. The van der Waals surface area contributed by atoms with Crippen molar-refractivity contribution in [3.8, 4) is 5.75 Å². The van der Waals surface area contributed by atoms with Crippen molar-refractivity contribution in [2.45, 2.75) is 31.5 Å². The monoisotopic (exact) mass is 346 g/mol. The molecule has 1 aliphatic carbocycles. The molecule has 1 heterocycles. The number of hydrogen-bond donors (Lipinski definition) is 2. The highest BCUT2D eigenvalue weighted by atomic mass is 35.5. The van der Waals surface area contributed by atoms with Gasteiger partial charge in [0.25, 0.3) is 0 Å². The number of fused-ring (bicyclic) bond motifs is 1. The van der Waals surface area contributed by atoms with E-state index < -0.39 is 6.10 Å². The third-order valence-corrected chi connectivity index (χ3v) is 4.48. The van der Waals surface area contributed by atoms with Gasteiger partial charge in [0.15, 0.2) is 0 Å². The molecule has 2 aliphatic rings. The fourth-order valence-corrected chi connectivity index (χ4v) is 3.25. The first-order valence-electron chi connectivity index (χ1n) is 7.18. The summed E-state index contributed by atoms with van der Waals surface area (Å²) in [5.41, 5.74) is 6.71. The second kappa shape index (κ2) is 7.04. The van der Waals surface area contributed by atoms with Crippen LogP contribution in [0, 0.1) is 5.92 Å². The van der Waals surface area contributed by atoms with E-state index in [1.54, 1.807) is 11.0 Å². The highest BCUT2D eigenvalue weighted by Crippen LogP contribution is 2.30. The van der Waals surface area contributed by atoms with Crippen molar-refractivity contribution in [3.63, 3.8) is 0 Å². The number of carbonyl (C=O) groups is 1. The van der Waals surface area contributed by atoms with Gasteiger partial charge in [0, 0.05) is 29.1 Å². The number of ether oxygens (including phenoxy) is 1. The van der Waals surface area contributed by atoms with Gasteiger partial charge in [0.05, 0.1) is 12.6 Å². The lowest BCUT2D eigenvalue weighted by Gasteiger charge is -2.23. The number of carbonyl (C=O) groups excluding carboxylic acids is 1. The Bertz CT molecular complexity index is 546. The Balaban J connectivity index is 0.00000176. The van der Waals surface area contributed by atoms with Crippen LogP contribution in [0.5, 0.6) is 5.75 Å². The molecule has 0 spiro atoms. The van der Waals surface area contributed by atoms with E-state index in [9.17, 15) is 9.90 Å². The molecule has 122 valence electrons. The minimum atomic E-state index is -0.580. The van der Waals surface area contributed by atoms with E-state index in [-0.39, 0.29) is 30.3 Å². The molecule has 1 fully saturated rings. The summed E-state index contributed by atoms with van der Waals surface area (Å²) in [5, 5.41) is 10.4. The number of nitrogens with zero attached hydrogens (tertiary/aromatic N) is 1. The molecule has 0 saturated heterocycles. The molecule has 1 aliphatic heterocycles. The summed E-state index contributed by atoms with van der Waals surface area (Å²) in [7, 11) is 0. The molecule has 7 heteroatoms. The molecule has 0 unspecified atom stereocenters. The van der Waals surface area contributed by atoms with Gasteiger partial charge in [-0.3, -0.25) is 4.79 Å². The predicted molar refractivity (Wildman–Crippen MR) is 86.3 cm³/mol. The first kappa shape index (κ1) is 17.3. The third kappa shape index (κ3) is 3.49. The normalized spacial score (nSPS) is 27.4. The van der Waals surface area contributed by atoms with Gasteiger partial charge in [-0.1, -0.05) is 11.6 Å². The van der Waals surface area contributed by atoms with Crippen molar-refractivity contribution in [1.82, 2.24) is 4.90 Å². The molecular weight excluding hydrogens is 327 g/mol. The average Bonchev–Trinajstić information content (AvgIpc) is 2.68. The van der Waals surface area contributed by atoms with Gasteiger partial charge >= 0.3 is 0 Å². The standard InChI is InChI=1S/C15H19ClN2O3.ClH/c16-11-1-2-14-10(5-11)8-18(3-4-21-14)15(20)9-6-12(17)13(19)7-9;/h1-2,5,9,12-13,19H,3-4,6-8,17H2;1H/t9-,12+,13+;/m0./s1. The maximum atomic E-state index is 12.6. The van der Waals surface area contributed by atoms with E-state index >= 15 is 0 Å². The van der Waals surface area contributed by atoms with Crippen LogP contribution in [0.15, 0.2) is 18.2 Å². The van der Waals surface area contributed by atoms with Gasteiger partial charge < -0.3 is 20.5 Å². The van der Waals surface area contributed by atoms with Gasteiger partial charge in [-0.05, 0) is 31.0 Å². The SMILES string of the molecule is Cl.N[C@@H]1C[C@H](C(=O)N2CCOc3ccc(Cl)cc3C2)C[C@H]1O. The number of halogens is 2. The fourth-order valence-electron chi connectivity index (χ4n) is 3.06. The Labute approximate surface area is 140 Å². The van der Waals surface area contributed by atoms with Crippen LogP contribution >= 0.6 is 24.0 Å². The quantitative estimate of drug-likeness (QED) is 0.809. The summed E-state index contributed by atoms with van der Waals surface area (Å²) in [5.74, 6) is 0.618. The van der Waals surface area contributed by atoms with Crippen molar-refractivity contribution >= 4 is 29.9 Å². The van der Waals surface area contributed by atoms with Crippen LogP contribution in [0.25, 0.3) is 0 Å². The van der Waals surface area contributed by atoms with Crippen molar-refractivity contribution < 1.29 is 14.6 Å². The molecule has 0 radical (unpaired) electrons. The highest BCUT2D eigenvalue weighted by molar-refractivity contribution is 6.30. The lowest BCUT2D eigenvalue weighted by molar-refractivity contribution is -0.136. The molecule has 22 heavy (non-hydrogen) atoms. The zero-order chi connectivity index (χ0) is 15.0. The Morgan fingerprint density at radius 3 is 2.86 bits per heavy atom. The number of hydrogen-bond acceptors (Lipinski definition) is 4. The highest BCUT2D eigenvalue weighted by Gasteiger charge is 2.37. The number of nitrogens with two attached hydrogens (primary N) is 1. The maximum Gasteiger partial charge on any atom is 0.226 e. The van der Waals surface area contributed by atoms with Gasteiger partial charge in [-0.2, -0.15) is 0 Å². The third-order valence-electron chi connectivity index (χ3n) is 4.24. The predicted octanol–water partition coefficient (Wildman–Crippen LogP) is 1.58. The fraction of sp³-hybridized carbons (Fsp3) is 0.533. The number of aliphatic hydroxyl groups excluding tert-OH is 1. The molecular formula is C15H20Cl2N2O3. The number of benzene rings is 1. The van der Waals surface area contributed by atoms with Gasteiger partial charge in [0.2, 0.25) is 5.91 Å².